The highest BCUT2D eigenvalue weighted by atomic mass is 16.5. The number of methoxy groups -OCH3 is 1. The first kappa shape index (κ1) is 25.7. The van der Waals surface area contributed by atoms with Gasteiger partial charge in [-0.25, -0.2) is 9.97 Å². The van der Waals surface area contributed by atoms with E-state index in [0.717, 1.165) is 65.9 Å². The molecule has 8 nitrogen and oxygen atoms in total. The number of aromatic nitrogens is 3. The minimum atomic E-state index is 0.0425. The molecule has 0 saturated carbocycles. The number of anilines is 1. The zero-order chi connectivity index (χ0) is 27.0. The number of carbonyl (C=O) groups is 1. The number of pyridine rings is 2. The fraction of sp³-hybridized carbons (Fsp3) is 0.367. The average molecular weight is 513 g/mol. The summed E-state index contributed by atoms with van der Waals surface area (Å²) < 4.78 is 7.64. The molecule has 8 heteroatoms. The number of rotatable bonds is 6. The molecular weight excluding hydrogens is 476 g/mol. The van der Waals surface area contributed by atoms with Crippen LogP contribution in [0.2, 0.25) is 0 Å². The Bertz CT molecular complexity index is 1470. The van der Waals surface area contributed by atoms with E-state index in [0.29, 0.717) is 17.5 Å². The first-order valence-electron chi connectivity index (χ1n) is 13.1. The molecule has 0 bridgehead atoms. The molecule has 1 fully saturated rings. The topological polar surface area (TPSA) is 89.5 Å². The van der Waals surface area contributed by atoms with E-state index in [9.17, 15) is 4.79 Å². The van der Waals surface area contributed by atoms with Crippen LogP contribution in [0.4, 0.5) is 5.82 Å². The molecule has 3 aromatic heterocycles. The standard InChI is InChI=1S/C30H36N6O2/c1-19-25(17-27(38-5)28(31)33-19)24-10-13-32-29-26(24)16-23(35(29)4)18-36-14-11-21(12-15-36)20-6-8-22(9-7-20)30(37)34(2)3/h6-10,13,16-17,21H,11-12,14-15,18H2,1-5H3,(H2,31,33). The van der Waals surface area contributed by atoms with Crippen molar-refractivity contribution in [1.82, 2.24) is 24.3 Å². The number of nitrogen functional groups attached to an aromatic ring is 1. The molecule has 0 unspecified atom stereocenters. The highest BCUT2D eigenvalue weighted by Gasteiger charge is 2.23. The Balaban J connectivity index is 1.32. The number of hydrogen-bond donors (Lipinski definition) is 1. The fourth-order valence-electron chi connectivity index (χ4n) is 5.51. The van der Waals surface area contributed by atoms with Gasteiger partial charge in [-0.05, 0) is 80.2 Å². The molecule has 0 radical (unpaired) electrons. The second-order valence-electron chi connectivity index (χ2n) is 10.4. The Labute approximate surface area is 224 Å². The summed E-state index contributed by atoms with van der Waals surface area (Å²) in [5.74, 6) is 1.54. The molecule has 4 aromatic rings. The molecule has 1 aliphatic heterocycles. The van der Waals surface area contributed by atoms with Gasteiger partial charge in [-0.15, -0.1) is 0 Å². The van der Waals surface area contributed by atoms with Crippen molar-refractivity contribution in [1.29, 1.82) is 0 Å². The summed E-state index contributed by atoms with van der Waals surface area (Å²) in [7, 11) is 7.27. The molecule has 1 aromatic carbocycles. The molecule has 0 aliphatic carbocycles. The number of benzene rings is 1. The lowest BCUT2D eigenvalue weighted by molar-refractivity contribution is 0.0827. The first-order chi connectivity index (χ1) is 18.3. The monoisotopic (exact) mass is 512 g/mol. The molecular formula is C30H36N6O2. The second-order valence-corrected chi connectivity index (χ2v) is 10.4. The number of likely N-dealkylation sites (tertiary alicyclic amines) is 1. The van der Waals surface area contributed by atoms with Crippen LogP contribution in [0.25, 0.3) is 22.2 Å². The molecule has 4 heterocycles. The van der Waals surface area contributed by atoms with E-state index < -0.39 is 0 Å². The maximum Gasteiger partial charge on any atom is 0.253 e. The van der Waals surface area contributed by atoms with Gasteiger partial charge in [0.2, 0.25) is 0 Å². The van der Waals surface area contributed by atoms with Crippen LogP contribution in [0.3, 0.4) is 0 Å². The normalized spacial score (nSPS) is 14.7. The minimum Gasteiger partial charge on any atom is -0.493 e. The number of carbonyl (C=O) groups excluding carboxylic acids is 1. The lowest BCUT2D eigenvalue weighted by Gasteiger charge is -2.32. The molecule has 0 spiro atoms. The zero-order valence-electron chi connectivity index (χ0n) is 22.9. The third kappa shape index (κ3) is 4.84. The number of hydrogen-bond acceptors (Lipinski definition) is 6. The maximum atomic E-state index is 12.2. The number of amides is 1. The van der Waals surface area contributed by atoms with E-state index in [4.69, 9.17) is 15.5 Å². The Morgan fingerprint density at radius 3 is 2.47 bits per heavy atom. The molecule has 5 rings (SSSR count). The van der Waals surface area contributed by atoms with Crippen molar-refractivity contribution in [2.45, 2.75) is 32.2 Å². The summed E-state index contributed by atoms with van der Waals surface area (Å²) in [6.07, 6.45) is 4.06. The van der Waals surface area contributed by atoms with E-state index in [-0.39, 0.29) is 5.91 Å². The van der Waals surface area contributed by atoms with Gasteiger partial charge in [-0.2, -0.15) is 0 Å². The third-order valence-electron chi connectivity index (χ3n) is 7.75. The van der Waals surface area contributed by atoms with E-state index in [2.05, 4.69) is 39.7 Å². The van der Waals surface area contributed by atoms with Gasteiger partial charge in [0.1, 0.15) is 5.65 Å². The van der Waals surface area contributed by atoms with Gasteiger partial charge in [0.25, 0.3) is 5.91 Å². The number of piperidine rings is 1. The van der Waals surface area contributed by atoms with Gasteiger partial charge in [-0.3, -0.25) is 9.69 Å². The highest BCUT2D eigenvalue weighted by molar-refractivity contribution is 5.95. The van der Waals surface area contributed by atoms with Crippen molar-refractivity contribution in [3.05, 3.63) is 71.2 Å². The molecule has 38 heavy (non-hydrogen) atoms. The van der Waals surface area contributed by atoms with Crippen LogP contribution in [0.5, 0.6) is 5.75 Å². The number of nitrogens with zero attached hydrogens (tertiary/aromatic N) is 5. The van der Waals surface area contributed by atoms with Crippen LogP contribution >= 0.6 is 0 Å². The van der Waals surface area contributed by atoms with Crippen LogP contribution in [0.1, 0.15) is 46.1 Å². The first-order valence-corrected chi connectivity index (χ1v) is 13.1. The molecule has 198 valence electrons. The van der Waals surface area contributed by atoms with E-state index in [1.54, 1.807) is 26.1 Å². The largest absolute Gasteiger partial charge is 0.493 e. The Morgan fingerprint density at radius 1 is 1.11 bits per heavy atom. The smallest absolute Gasteiger partial charge is 0.253 e. The van der Waals surface area contributed by atoms with Crippen molar-refractivity contribution in [3.63, 3.8) is 0 Å². The Kier molecular flexibility index (Phi) is 7.08. The summed E-state index contributed by atoms with van der Waals surface area (Å²) in [6, 6.07) is 14.4. The number of aryl methyl sites for hydroxylation is 2. The predicted molar refractivity (Wildman–Crippen MR) is 151 cm³/mol. The molecule has 1 amide bonds. The van der Waals surface area contributed by atoms with Gasteiger partial charge >= 0.3 is 0 Å². The van der Waals surface area contributed by atoms with E-state index >= 15 is 0 Å². The van der Waals surface area contributed by atoms with Crippen molar-refractivity contribution >= 4 is 22.8 Å². The van der Waals surface area contributed by atoms with E-state index in [1.165, 1.54) is 11.3 Å². The Hall–Kier alpha value is -3.91. The molecule has 0 atom stereocenters. The highest BCUT2D eigenvalue weighted by Crippen LogP contribution is 2.35. The van der Waals surface area contributed by atoms with Gasteiger partial charge < -0.3 is 19.9 Å². The van der Waals surface area contributed by atoms with Crippen molar-refractivity contribution < 1.29 is 9.53 Å². The summed E-state index contributed by atoms with van der Waals surface area (Å²) in [5, 5.41) is 1.10. The van der Waals surface area contributed by atoms with E-state index in [1.807, 2.05) is 37.4 Å². The fourth-order valence-corrected chi connectivity index (χ4v) is 5.51. The Morgan fingerprint density at radius 2 is 1.82 bits per heavy atom. The number of ether oxygens (including phenoxy) is 1. The second kappa shape index (κ2) is 10.5. The maximum absolute atomic E-state index is 12.2. The quantitative estimate of drug-likeness (QED) is 0.406. The SMILES string of the molecule is COc1cc(-c2ccnc3c2cc(CN2CCC(c4ccc(C(=O)N(C)C)cc4)CC2)n3C)c(C)nc1N. The van der Waals surface area contributed by atoms with Crippen molar-refractivity contribution in [2.24, 2.45) is 7.05 Å². The van der Waals surface area contributed by atoms with Gasteiger partial charge in [0.15, 0.2) is 11.6 Å². The van der Waals surface area contributed by atoms with Crippen LogP contribution in [0, 0.1) is 6.92 Å². The van der Waals surface area contributed by atoms with Crippen LogP contribution in [0.15, 0.2) is 48.7 Å². The molecule has 1 saturated heterocycles. The molecule has 2 N–H and O–H groups in total. The van der Waals surface area contributed by atoms with Crippen molar-refractivity contribution in [2.75, 3.05) is 40.0 Å². The summed E-state index contributed by atoms with van der Waals surface area (Å²) >= 11 is 0. The van der Waals surface area contributed by atoms with Gasteiger partial charge in [0.05, 0.1) is 7.11 Å². The van der Waals surface area contributed by atoms with Crippen LogP contribution < -0.4 is 10.5 Å². The van der Waals surface area contributed by atoms with Gasteiger partial charge in [-0.1, -0.05) is 12.1 Å². The lowest BCUT2D eigenvalue weighted by Crippen LogP contribution is -2.33. The predicted octanol–water partition coefficient (Wildman–Crippen LogP) is 4.62. The number of nitrogens with two attached hydrogens (primary N) is 1. The van der Waals surface area contributed by atoms with Crippen LogP contribution in [-0.2, 0) is 13.6 Å². The van der Waals surface area contributed by atoms with Crippen molar-refractivity contribution in [3.8, 4) is 16.9 Å². The van der Waals surface area contributed by atoms with Gasteiger partial charge in [0, 0.05) is 61.8 Å². The summed E-state index contributed by atoms with van der Waals surface area (Å²) in [5.41, 5.74) is 13.2. The van der Waals surface area contributed by atoms with Crippen LogP contribution in [-0.4, -0.2) is 64.5 Å². The minimum absolute atomic E-state index is 0.0425. The lowest BCUT2D eigenvalue weighted by atomic mass is 9.89. The zero-order valence-corrected chi connectivity index (χ0v) is 22.9. The summed E-state index contributed by atoms with van der Waals surface area (Å²) in [4.78, 5) is 25.5. The molecule has 1 aliphatic rings. The summed E-state index contributed by atoms with van der Waals surface area (Å²) in [6.45, 7) is 4.91. The number of fused-ring (bicyclic) bond motifs is 1. The average Bonchev–Trinajstić information content (AvgIpc) is 3.24. The third-order valence-corrected chi connectivity index (χ3v) is 7.75.